The lowest BCUT2D eigenvalue weighted by atomic mass is 10.2. The number of ether oxygens (including phenoxy) is 3. The Balaban J connectivity index is 1.84. The van der Waals surface area contributed by atoms with Crippen molar-refractivity contribution in [2.45, 2.75) is 13.0 Å². The van der Waals surface area contributed by atoms with Gasteiger partial charge >= 0.3 is 0 Å². The van der Waals surface area contributed by atoms with Crippen molar-refractivity contribution in [3.8, 4) is 17.6 Å². The molecule has 0 aromatic carbocycles. The molecule has 0 saturated heterocycles. The Hall–Kier alpha value is -3.99. The third-order valence-electron chi connectivity index (χ3n) is 4.10. The van der Waals surface area contributed by atoms with E-state index in [4.69, 9.17) is 14.2 Å². The number of hydrogen-bond acceptors (Lipinski definition) is 8. The molecule has 168 valence electrons. The third-order valence-corrected chi connectivity index (χ3v) is 4.10. The van der Waals surface area contributed by atoms with Crippen LogP contribution in [0, 0.1) is 0 Å². The van der Waals surface area contributed by atoms with Gasteiger partial charge in [-0.2, -0.15) is 10.1 Å². The van der Waals surface area contributed by atoms with Gasteiger partial charge in [-0.1, -0.05) is 0 Å². The van der Waals surface area contributed by atoms with Crippen LogP contribution in [0.25, 0.3) is 0 Å². The summed E-state index contributed by atoms with van der Waals surface area (Å²) in [5, 5.41) is 9.20. The Bertz CT molecular complexity index is 1050. The molecule has 0 aliphatic rings. The third kappa shape index (κ3) is 6.01. The van der Waals surface area contributed by atoms with Gasteiger partial charge in [-0.05, 0) is 13.0 Å². The molecule has 0 spiro atoms. The second-order valence-corrected chi connectivity index (χ2v) is 7.02. The number of nitrogens with one attached hydrogen (secondary N) is 2. The summed E-state index contributed by atoms with van der Waals surface area (Å²) >= 11 is 0. The Morgan fingerprint density at radius 1 is 1.12 bits per heavy atom. The first kappa shape index (κ1) is 22.7. The van der Waals surface area contributed by atoms with Crippen LogP contribution in [0.4, 0.5) is 5.82 Å². The highest BCUT2D eigenvalue weighted by Crippen LogP contribution is 2.24. The molecule has 3 aromatic rings. The minimum absolute atomic E-state index is 0.0958. The molecule has 2 amide bonds. The summed E-state index contributed by atoms with van der Waals surface area (Å²) in [5.41, 5.74) is 0.664. The molecule has 3 rings (SSSR count). The van der Waals surface area contributed by atoms with Gasteiger partial charge in [-0.15, -0.1) is 0 Å². The molecule has 11 nitrogen and oxygen atoms in total. The topological polar surface area (TPSA) is 132 Å². The summed E-state index contributed by atoms with van der Waals surface area (Å²) in [6, 6.07) is 7.71. The fourth-order valence-corrected chi connectivity index (χ4v) is 2.65. The number of anilines is 1. The smallest absolute Gasteiger partial charge is 0.257 e. The Labute approximate surface area is 184 Å². The lowest BCUT2D eigenvalue weighted by molar-refractivity contribution is 0.0827. The van der Waals surface area contributed by atoms with Gasteiger partial charge in [0.15, 0.2) is 5.82 Å². The van der Waals surface area contributed by atoms with Gasteiger partial charge in [0.2, 0.25) is 17.6 Å². The van der Waals surface area contributed by atoms with Crippen LogP contribution in [-0.2, 0) is 4.74 Å². The molecule has 0 radical (unpaired) electrons. The fraction of sp³-hybridized carbons (Fsp3) is 0.286. The number of aromatic amines is 1. The van der Waals surface area contributed by atoms with Crippen LogP contribution in [-0.4, -0.2) is 70.8 Å². The van der Waals surface area contributed by atoms with Crippen molar-refractivity contribution in [2.75, 3.05) is 33.1 Å². The van der Waals surface area contributed by atoms with E-state index in [1.807, 2.05) is 6.92 Å². The molecule has 0 aliphatic carbocycles. The predicted molar refractivity (Wildman–Crippen MR) is 115 cm³/mol. The number of methoxy groups -OCH3 is 1. The van der Waals surface area contributed by atoms with Crippen LogP contribution in [0.1, 0.15) is 27.6 Å². The summed E-state index contributed by atoms with van der Waals surface area (Å²) in [4.78, 5) is 34.6. The zero-order valence-corrected chi connectivity index (χ0v) is 18.2. The second-order valence-electron chi connectivity index (χ2n) is 7.02. The van der Waals surface area contributed by atoms with Gasteiger partial charge in [0.05, 0.1) is 17.7 Å². The molecule has 1 atom stereocenters. The summed E-state index contributed by atoms with van der Waals surface area (Å²) in [6.45, 7) is 2.15. The molecule has 11 heteroatoms. The highest BCUT2D eigenvalue weighted by Gasteiger charge is 2.16. The van der Waals surface area contributed by atoms with Gasteiger partial charge in [-0.25, -0.2) is 4.98 Å². The van der Waals surface area contributed by atoms with Crippen molar-refractivity contribution in [1.29, 1.82) is 0 Å². The molecular weight excluding hydrogens is 416 g/mol. The molecule has 2 N–H and O–H groups in total. The minimum Gasteiger partial charge on any atom is -0.472 e. The van der Waals surface area contributed by atoms with E-state index in [0.717, 1.165) is 0 Å². The maximum atomic E-state index is 12.7. The zero-order valence-electron chi connectivity index (χ0n) is 18.2. The van der Waals surface area contributed by atoms with E-state index in [9.17, 15) is 9.59 Å². The van der Waals surface area contributed by atoms with E-state index in [-0.39, 0.29) is 35.2 Å². The second kappa shape index (κ2) is 10.4. The molecule has 0 saturated carbocycles. The quantitative estimate of drug-likeness (QED) is 0.518. The van der Waals surface area contributed by atoms with Crippen molar-refractivity contribution >= 4 is 17.6 Å². The summed E-state index contributed by atoms with van der Waals surface area (Å²) in [6.07, 6.45) is 2.69. The van der Waals surface area contributed by atoms with E-state index in [0.29, 0.717) is 18.0 Å². The number of pyridine rings is 2. The molecule has 0 unspecified atom stereocenters. The number of carbonyl (C=O) groups is 2. The van der Waals surface area contributed by atoms with E-state index >= 15 is 0 Å². The number of amides is 2. The van der Waals surface area contributed by atoms with E-state index < -0.39 is 5.91 Å². The van der Waals surface area contributed by atoms with Gasteiger partial charge in [0.25, 0.3) is 11.8 Å². The van der Waals surface area contributed by atoms with E-state index in [1.54, 1.807) is 45.6 Å². The monoisotopic (exact) mass is 440 g/mol. The number of aromatic nitrogens is 4. The van der Waals surface area contributed by atoms with Crippen LogP contribution in [0.5, 0.6) is 17.6 Å². The maximum Gasteiger partial charge on any atom is 0.257 e. The first-order chi connectivity index (χ1) is 15.4. The Kier molecular flexibility index (Phi) is 7.34. The summed E-state index contributed by atoms with van der Waals surface area (Å²) < 4.78 is 16.6. The number of rotatable bonds is 9. The molecule has 0 bridgehead atoms. The standard InChI is InChI=1S/C21H24N6O5/c1-13(12-30-4)31-18-9-15(20(28)24-16-7-8-23-26-16)10-19(25-18)32-17-6-5-14(11-22-17)21(29)27(2)3/h5-11,13H,12H2,1-4H3,(H2,23,24,26,28)/t13-/m1/s1. The van der Waals surface area contributed by atoms with Gasteiger partial charge in [0.1, 0.15) is 6.10 Å². The van der Waals surface area contributed by atoms with Gasteiger partial charge in [-0.3, -0.25) is 14.7 Å². The van der Waals surface area contributed by atoms with E-state index in [2.05, 4.69) is 25.5 Å². The van der Waals surface area contributed by atoms with Crippen LogP contribution < -0.4 is 14.8 Å². The highest BCUT2D eigenvalue weighted by atomic mass is 16.5. The number of nitrogens with zero attached hydrogens (tertiary/aromatic N) is 4. The molecular formula is C21H24N6O5. The van der Waals surface area contributed by atoms with Gasteiger partial charge < -0.3 is 24.4 Å². The average Bonchev–Trinajstić information content (AvgIpc) is 3.26. The normalized spacial score (nSPS) is 11.5. The lowest BCUT2D eigenvalue weighted by Crippen LogP contribution is -2.21. The molecule has 3 aromatic heterocycles. The van der Waals surface area contributed by atoms with Crippen LogP contribution in [0.2, 0.25) is 0 Å². The fourth-order valence-electron chi connectivity index (χ4n) is 2.65. The van der Waals surface area contributed by atoms with E-state index in [1.165, 1.54) is 23.2 Å². The van der Waals surface area contributed by atoms with Gasteiger partial charge in [0, 0.05) is 57.9 Å². The van der Waals surface area contributed by atoms with Crippen molar-refractivity contribution in [3.63, 3.8) is 0 Å². The largest absolute Gasteiger partial charge is 0.472 e. The zero-order chi connectivity index (χ0) is 23.1. The summed E-state index contributed by atoms with van der Waals surface area (Å²) in [5.74, 6) is 0.244. The molecule has 0 aliphatic heterocycles. The summed E-state index contributed by atoms with van der Waals surface area (Å²) in [7, 11) is 4.87. The van der Waals surface area contributed by atoms with Crippen molar-refractivity contribution in [2.24, 2.45) is 0 Å². The Morgan fingerprint density at radius 2 is 1.91 bits per heavy atom. The van der Waals surface area contributed by atoms with Crippen molar-refractivity contribution in [1.82, 2.24) is 25.1 Å². The number of hydrogen-bond donors (Lipinski definition) is 2. The lowest BCUT2D eigenvalue weighted by Gasteiger charge is -2.15. The molecule has 3 heterocycles. The van der Waals surface area contributed by atoms with Crippen molar-refractivity contribution in [3.05, 3.63) is 53.9 Å². The first-order valence-electron chi connectivity index (χ1n) is 9.70. The number of carbonyl (C=O) groups excluding carboxylic acids is 2. The SMILES string of the molecule is COC[C@@H](C)Oc1cc(C(=O)Nc2cc[nH]n2)cc(Oc2ccc(C(=O)N(C)C)cn2)n1. The minimum atomic E-state index is -0.423. The Morgan fingerprint density at radius 3 is 2.53 bits per heavy atom. The van der Waals surface area contributed by atoms with Crippen molar-refractivity contribution < 1.29 is 23.8 Å². The predicted octanol–water partition coefficient (Wildman–Crippen LogP) is 2.36. The van der Waals surface area contributed by atoms with Crippen LogP contribution in [0.3, 0.4) is 0 Å². The number of H-pyrrole nitrogens is 1. The highest BCUT2D eigenvalue weighted by molar-refractivity contribution is 6.04. The molecule has 32 heavy (non-hydrogen) atoms. The van der Waals surface area contributed by atoms with Crippen LogP contribution in [0.15, 0.2) is 42.7 Å². The average molecular weight is 440 g/mol. The molecule has 0 fully saturated rings. The maximum absolute atomic E-state index is 12.7. The van der Waals surface area contributed by atoms with Crippen LogP contribution >= 0.6 is 0 Å². The first-order valence-corrected chi connectivity index (χ1v) is 9.70.